The molecule has 0 saturated heterocycles. The van der Waals surface area contributed by atoms with Gasteiger partial charge in [-0.05, 0) is 30.7 Å². The summed E-state index contributed by atoms with van der Waals surface area (Å²) in [5.74, 6) is 0.863. The number of amidine groups is 1. The van der Waals surface area contributed by atoms with Crippen LogP contribution in [-0.2, 0) is 4.79 Å². The zero-order valence-electron chi connectivity index (χ0n) is 11.2. The average Bonchev–Trinajstić information content (AvgIpc) is 2.47. The fourth-order valence-corrected chi connectivity index (χ4v) is 1.98. The predicted molar refractivity (Wildman–Crippen MR) is 75.4 cm³/mol. The second-order valence-electron chi connectivity index (χ2n) is 4.50. The van der Waals surface area contributed by atoms with Crippen LogP contribution in [0.25, 0.3) is 0 Å². The van der Waals surface area contributed by atoms with Crippen molar-refractivity contribution in [1.82, 2.24) is 10.4 Å². The first kappa shape index (κ1) is 12.9. The fraction of sp³-hybridized carbons (Fsp3) is 0.143. The first-order chi connectivity index (χ1) is 10.2. The van der Waals surface area contributed by atoms with Gasteiger partial charge in [0.25, 0.3) is 0 Å². The standard InChI is InChI=1S/C14H11N5O2/c1-9-4-11(3-2-10(9)5-15)21-19-8-16-6-12-14(19)17-7-13(20)18-12/h2-4,6,8H,7H2,1H3,(H,18,20). The monoisotopic (exact) mass is 281 g/mol. The van der Waals surface area contributed by atoms with E-state index in [4.69, 9.17) is 10.1 Å². The summed E-state index contributed by atoms with van der Waals surface area (Å²) in [6.45, 7) is 1.88. The highest BCUT2D eigenvalue weighted by molar-refractivity contribution is 6.09. The smallest absolute Gasteiger partial charge is 0.246 e. The summed E-state index contributed by atoms with van der Waals surface area (Å²) in [4.78, 5) is 25.1. The van der Waals surface area contributed by atoms with Crippen LogP contribution in [0.15, 0.2) is 40.1 Å². The van der Waals surface area contributed by atoms with E-state index < -0.39 is 0 Å². The van der Waals surface area contributed by atoms with E-state index in [9.17, 15) is 4.79 Å². The highest BCUT2D eigenvalue weighted by Crippen LogP contribution is 2.19. The summed E-state index contributed by atoms with van der Waals surface area (Å²) in [5, 5.41) is 13.0. The maximum absolute atomic E-state index is 11.3. The molecule has 0 spiro atoms. The van der Waals surface area contributed by atoms with E-state index >= 15 is 0 Å². The summed E-state index contributed by atoms with van der Waals surface area (Å²) < 4.78 is 0. The number of carbonyl (C=O) groups excluding carboxylic acids is 1. The lowest BCUT2D eigenvalue weighted by Crippen LogP contribution is -2.45. The van der Waals surface area contributed by atoms with Gasteiger partial charge < -0.3 is 10.2 Å². The number of hydrogen-bond donors (Lipinski definition) is 1. The van der Waals surface area contributed by atoms with E-state index in [0.29, 0.717) is 22.8 Å². The van der Waals surface area contributed by atoms with Gasteiger partial charge in [0.05, 0.1) is 17.8 Å². The van der Waals surface area contributed by atoms with Crippen LogP contribution in [0.1, 0.15) is 11.1 Å². The molecule has 1 aromatic rings. The Labute approximate surface area is 120 Å². The molecule has 0 fully saturated rings. The van der Waals surface area contributed by atoms with Gasteiger partial charge in [-0.2, -0.15) is 5.26 Å². The average molecular weight is 281 g/mol. The van der Waals surface area contributed by atoms with E-state index in [0.717, 1.165) is 5.56 Å². The number of nitriles is 1. The lowest BCUT2D eigenvalue weighted by atomic mass is 10.1. The molecule has 1 amide bonds. The number of hydrogen-bond acceptors (Lipinski definition) is 6. The Hall–Kier alpha value is -3.14. The molecule has 104 valence electrons. The van der Waals surface area contributed by atoms with Crippen LogP contribution < -0.4 is 10.2 Å². The fourth-order valence-electron chi connectivity index (χ4n) is 1.98. The largest absolute Gasteiger partial charge is 0.372 e. The van der Waals surface area contributed by atoms with Gasteiger partial charge in [0.2, 0.25) is 5.91 Å². The Balaban J connectivity index is 1.84. The van der Waals surface area contributed by atoms with Crippen molar-refractivity contribution < 1.29 is 9.63 Å². The minimum atomic E-state index is -0.184. The predicted octanol–water partition coefficient (Wildman–Crippen LogP) is 0.874. The van der Waals surface area contributed by atoms with Crippen LogP contribution >= 0.6 is 0 Å². The number of benzene rings is 1. The maximum Gasteiger partial charge on any atom is 0.246 e. The summed E-state index contributed by atoms with van der Waals surface area (Å²) in [6, 6.07) is 7.24. The Morgan fingerprint density at radius 3 is 3.10 bits per heavy atom. The van der Waals surface area contributed by atoms with Crippen molar-refractivity contribution in [1.29, 1.82) is 5.26 Å². The van der Waals surface area contributed by atoms with Crippen LogP contribution in [0.4, 0.5) is 0 Å². The lowest BCUT2D eigenvalue weighted by molar-refractivity contribution is -0.119. The van der Waals surface area contributed by atoms with E-state index in [1.54, 1.807) is 18.2 Å². The SMILES string of the molecule is Cc1cc(ON2C=NC=C3NC(=O)CN=C32)ccc1C#N. The molecule has 0 atom stereocenters. The Kier molecular flexibility index (Phi) is 3.12. The minimum Gasteiger partial charge on any atom is -0.372 e. The van der Waals surface area contributed by atoms with Crippen LogP contribution in [-0.4, -0.2) is 29.7 Å². The molecule has 0 saturated carbocycles. The number of nitrogens with one attached hydrogen (secondary N) is 1. The van der Waals surface area contributed by atoms with Gasteiger partial charge in [-0.15, -0.1) is 5.06 Å². The van der Waals surface area contributed by atoms with Crippen LogP contribution in [0.2, 0.25) is 0 Å². The lowest BCUT2D eigenvalue weighted by Gasteiger charge is -2.27. The van der Waals surface area contributed by atoms with E-state index in [1.807, 2.05) is 6.92 Å². The zero-order chi connectivity index (χ0) is 14.8. The van der Waals surface area contributed by atoms with Gasteiger partial charge in [-0.3, -0.25) is 9.79 Å². The first-order valence-electron chi connectivity index (χ1n) is 6.23. The molecule has 2 aliphatic heterocycles. The molecule has 21 heavy (non-hydrogen) atoms. The highest BCUT2D eigenvalue weighted by atomic mass is 16.7. The summed E-state index contributed by atoms with van der Waals surface area (Å²) >= 11 is 0. The zero-order valence-corrected chi connectivity index (χ0v) is 11.2. The number of amides is 1. The second-order valence-corrected chi connectivity index (χ2v) is 4.50. The Morgan fingerprint density at radius 2 is 2.33 bits per heavy atom. The van der Waals surface area contributed by atoms with Gasteiger partial charge in [0.15, 0.2) is 11.6 Å². The molecule has 1 N–H and O–H groups in total. The van der Waals surface area contributed by atoms with Crippen LogP contribution in [0.5, 0.6) is 5.75 Å². The minimum absolute atomic E-state index is 0.0484. The number of carbonyl (C=O) groups is 1. The normalized spacial score (nSPS) is 16.4. The van der Waals surface area contributed by atoms with Crippen molar-refractivity contribution in [3.05, 3.63) is 41.2 Å². The van der Waals surface area contributed by atoms with Crippen molar-refractivity contribution in [2.75, 3.05) is 6.54 Å². The van der Waals surface area contributed by atoms with Crippen molar-refractivity contribution in [3.8, 4) is 11.8 Å². The molecule has 0 aromatic heterocycles. The summed E-state index contributed by atoms with van der Waals surface area (Å²) in [5.41, 5.74) is 1.91. The topological polar surface area (TPSA) is 90.1 Å². The van der Waals surface area contributed by atoms with Gasteiger partial charge in [0, 0.05) is 0 Å². The van der Waals surface area contributed by atoms with E-state index in [1.165, 1.54) is 17.6 Å². The number of aliphatic imine (C=N–C) groups is 2. The van der Waals surface area contributed by atoms with E-state index in [-0.39, 0.29) is 12.5 Å². The van der Waals surface area contributed by atoms with Crippen LogP contribution in [0.3, 0.4) is 0 Å². The summed E-state index contributed by atoms with van der Waals surface area (Å²) in [7, 11) is 0. The highest BCUT2D eigenvalue weighted by Gasteiger charge is 2.25. The molecule has 7 nitrogen and oxygen atoms in total. The third-order valence-corrected chi connectivity index (χ3v) is 2.99. The summed E-state index contributed by atoms with van der Waals surface area (Å²) in [6.07, 6.45) is 2.98. The van der Waals surface area contributed by atoms with Gasteiger partial charge >= 0.3 is 0 Å². The third kappa shape index (κ3) is 2.47. The Morgan fingerprint density at radius 1 is 1.48 bits per heavy atom. The van der Waals surface area contributed by atoms with Crippen LogP contribution in [0, 0.1) is 18.3 Å². The Bertz CT molecular complexity index is 742. The van der Waals surface area contributed by atoms with Crippen molar-refractivity contribution in [2.24, 2.45) is 9.98 Å². The molecule has 1 aromatic carbocycles. The van der Waals surface area contributed by atoms with Gasteiger partial charge in [-0.25, -0.2) is 4.99 Å². The molecule has 2 heterocycles. The molecule has 3 rings (SSSR count). The maximum atomic E-state index is 11.3. The number of rotatable bonds is 2. The van der Waals surface area contributed by atoms with Crippen molar-refractivity contribution >= 4 is 18.1 Å². The quantitative estimate of drug-likeness (QED) is 0.871. The number of nitrogens with zero attached hydrogens (tertiary/aromatic N) is 4. The van der Waals surface area contributed by atoms with Crippen molar-refractivity contribution in [2.45, 2.75) is 6.92 Å². The molecular weight excluding hydrogens is 270 g/mol. The third-order valence-electron chi connectivity index (χ3n) is 2.99. The number of aryl methyl sites for hydroxylation is 1. The molecule has 0 aliphatic carbocycles. The van der Waals surface area contributed by atoms with Gasteiger partial charge in [-0.1, -0.05) is 0 Å². The van der Waals surface area contributed by atoms with Crippen molar-refractivity contribution in [3.63, 3.8) is 0 Å². The molecule has 0 bridgehead atoms. The molecule has 0 unspecified atom stereocenters. The number of hydroxylamine groups is 2. The second kappa shape index (κ2) is 5.09. The molecule has 2 aliphatic rings. The molecule has 0 radical (unpaired) electrons. The molecule has 7 heteroatoms. The molecular formula is C14H11N5O2. The first-order valence-corrected chi connectivity index (χ1v) is 6.23. The number of fused-ring (bicyclic) bond motifs is 1. The van der Waals surface area contributed by atoms with Gasteiger partial charge in [0.1, 0.15) is 18.6 Å². The van der Waals surface area contributed by atoms with E-state index in [2.05, 4.69) is 21.4 Å².